The van der Waals surface area contributed by atoms with Gasteiger partial charge in [0.1, 0.15) is 12.4 Å². The van der Waals surface area contributed by atoms with Crippen LogP contribution in [0.25, 0.3) is 0 Å². The van der Waals surface area contributed by atoms with E-state index in [0.29, 0.717) is 22.7 Å². The summed E-state index contributed by atoms with van der Waals surface area (Å²) in [7, 11) is 0. The number of thiazole rings is 1. The van der Waals surface area contributed by atoms with Crippen LogP contribution in [0.3, 0.4) is 0 Å². The Morgan fingerprint density at radius 1 is 1.16 bits per heavy atom. The minimum Gasteiger partial charge on any atom is -0.485 e. The minimum absolute atomic E-state index is 0.128. The monoisotopic (exact) mass is 465 g/mol. The minimum atomic E-state index is -0.372. The summed E-state index contributed by atoms with van der Waals surface area (Å²) in [6, 6.07) is 18.0. The first-order valence-corrected chi connectivity index (χ1v) is 11.9. The van der Waals surface area contributed by atoms with Crippen LogP contribution in [0.1, 0.15) is 23.9 Å². The number of nitrogens with zero attached hydrogens (tertiary/aromatic N) is 4. The molecular formula is C23H23N5O2S2. The Labute approximate surface area is 194 Å². The summed E-state index contributed by atoms with van der Waals surface area (Å²) in [5.74, 6) is 1.39. The number of ether oxygens (including phenoxy) is 1. The van der Waals surface area contributed by atoms with Crippen LogP contribution in [0.4, 0.5) is 5.13 Å². The van der Waals surface area contributed by atoms with Crippen molar-refractivity contribution in [3.63, 3.8) is 0 Å². The Kier molecular flexibility index (Phi) is 7.18. The molecule has 4 aromatic rings. The van der Waals surface area contributed by atoms with Crippen LogP contribution in [0.2, 0.25) is 0 Å². The number of hydrogen-bond acceptors (Lipinski definition) is 7. The van der Waals surface area contributed by atoms with Crippen LogP contribution in [-0.2, 0) is 17.9 Å². The third-order valence-corrected chi connectivity index (χ3v) is 6.51. The summed E-state index contributed by atoms with van der Waals surface area (Å²) in [5.41, 5.74) is 2.18. The Morgan fingerprint density at radius 3 is 2.69 bits per heavy atom. The van der Waals surface area contributed by atoms with E-state index in [-0.39, 0.29) is 17.8 Å². The van der Waals surface area contributed by atoms with E-state index >= 15 is 0 Å². The van der Waals surface area contributed by atoms with Crippen molar-refractivity contribution in [3.05, 3.63) is 83.1 Å². The summed E-state index contributed by atoms with van der Waals surface area (Å²) in [6.45, 7) is 4.72. The van der Waals surface area contributed by atoms with Gasteiger partial charge in [-0.2, -0.15) is 0 Å². The molecule has 32 heavy (non-hydrogen) atoms. The van der Waals surface area contributed by atoms with Gasteiger partial charge in [0, 0.05) is 11.6 Å². The van der Waals surface area contributed by atoms with E-state index in [1.807, 2.05) is 66.3 Å². The molecule has 0 saturated carbocycles. The molecule has 1 amide bonds. The Morgan fingerprint density at radius 2 is 1.94 bits per heavy atom. The van der Waals surface area contributed by atoms with Crippen molar-refractivity contribution in [2.24, 2.45) is 0 Å². The SMILES string of the molecule is Cc1ccccc1OCc1nnc(S[C@@H](C)C(=O)Nc2nccs2)n1Cc1ccccc1. The molecule has 7 nitrogen and oxygen atoms in total. The molecule has 2 heterocycles. The van der Waals surface area contributed by atoms with Gasteiger partial charge >= 0.3 is 0 Å². The number of anilines is 1. The number of aromatic nitrogens is 4. The molecule has 0 saturated heterocycles. The fourth-order valence-electron chi connectivity index (χ4n) is 3.00. The van der Waals surface area contributed by atoms with Crippen LogP contribution in [0, 0.1) is 6.92 Å². The highest BCUT2D eigenvalue weighted by atomic mass is 32.2. The number of amides is 1. The molecule has 0 radical (unpaired) electrons. The van der Waals surface area contributed by atoms with E-state index in [1.54, 1.807) is 6.20 Å². The second kappa shape index (κ2) is 10.4. The lowest BCUT2D eigenvalue weighted by Gasteiger charge is -2.14. The summed E-state index contributed by atoms with van der Waals surface area (Å²) < 4.78 is 8.02. The first-order valence-electron chi connectivity index (χ1n) is 10.1. The second-order valence-electron chi connectivity index (χ2n) is 7.11. The quantitative estimate of drug-likeness (QED) is 0.358. The molecule has 0 bridgehead atoms. The van der Waals surface area contributed by atoms with Gasteiger partial charge < -0.3 is 10.1 Å². The van der Waals surface area contributed by atoms with Gasteiger partial charge in [-0.25, -0.2) is 4.98 Å². The summed E-state index contributed by atoms with van der Waals surface area (Å²) in [6.07, 6.45) is 1.66. The molecule has 0 unspecified atom stereocenters. The first kappa shape index (κ1) is 22.0. The second-order valence-corrected chi connectivity index (χ2v) is 9.31. The van der Waals surface area contributed by atoms with Crippen molar-refractivity contribution in [1.82, 2.24) is 19.7 Å². The van der Waals surface area contributed by atoms with Crippen molar-refractivity contribution in [3.8, 4) is 5.75 Å². The number of benzene rings is 2. The predicted molar refractivity (Wildman–Crippen MR) is 127 cm³/mol. The molecule has 9 heteroatoms. The maximum atomic E-state index is 12.6. The molecule has 0 spiro atoms. The van der Waals surface area contributed by atoms with Crippen molar-refractivity contribution < 1.29 is 9.53 Å². The molecule has 164 valence electrons. The number of carbonyl (C=O) groups is 1. The molecule has 1 atom stereocenters. The van der Waals surface area contributed by atoms with Gasteiger partial charge in [0.2, 0.25) is 5.91 Å². The molecule has 0 fully saturated rings. The fourth-order valence-corrected chi connectivity index (χ4v) is 4.40. The van der Waals surface area contributed by atoms with Gasteiger partial charge in [-0.05, 0) is 31.0 Å². The Bertz CT molecular complexity index is 1160. The highest BCUT2D eigenvalue weighted by Crippen LogP contribution is 2.26. The molecular weight excluding hydrogens is 442 g/mol. The summed E-state index contributed by atoms with van der Waals surface area (Å²) in [4.78, 5) is 16.7. The molecule has 0 aliphatic carbocycles. The normalized spacial score (nSPS) is 11.8. The predicted octanol–water partition coefficient (Wildman–Crippen LogP) is 4.79. The molecule has 0 aliphatic heterocycles. The van der Waals surface area contributed by atoms with Gasteiger partial charge in [0.05, 0.1) is 11.8 Å². The topological polar surface area (TPSA) is 81.9 Å². The highest BCUT2D eigenvalue weighted by Gasteiger charge is 2.21. The molecule has 4 rings (SSSR count). The van der Waals surface area contributed by atoms with Crippen molar-refractivity contribution in [2.75, 3.05) is 5.32 Å². The van der Waals surface area contributed by atoms with Gasteiger partial charge in [-0.1, -0.05) is 60.3 Å². The molecule has 2 aromatic heterocycles. The highest BCUT2D eigenvalue weighted by molar-refractivity contribution is 8.00. The van der Waals surface area contributed by atoms with Gasteiger partial charge in [0.15, 0.2) is 16.1 Å². The van der Waals surface area contributed by atoms with Crippen LogP contribution < -0.4 is 10.1 Å². The van der Waals surface area contributed by atoms with Crippen molar-refractivity contribution >= 4 is 34.1 Å². The lowest BCUT2D eigenvalue weighted by Crippen LogP contribution is -2.23. The van der Waals surface area contributed by atoms with Gasteiger partial charge in [-0.15, -0.1) is 21.5 Å². The van der Waals surface area contributed by atoms with E-state index < -0.39 is 0 Å². The fraction of sp³-hybridized carbons (Fsp3) is 0.217. The number of rotatable bonds is 9. The average molecular weight is 466 g/mol. The average Bonchev–Trinajstić information content (AvgIpc) is 3.44. The molecule has 2 aromatic carbocycles. The zero-order valence-electron chi connectivity index (χ0n) is 17.8. The van der Waals surface area contributed by atoms with E-state index in [1.165, 1.54) is 23.1 Å². The maximum Gasteiger partial charge on any atom is 0.239 e. The summed E-state index contributed by atoms with van der Waals surface area (Å²) in [5, 5.41) is 14.3. The van der Waals surface area contributed by atoms with E-state index in [4.69, 9.17) is 4.74 Å². The number of thioether (sulfide) groups is 1. The van der Waals surface area contributed by atoms with Gasteiger partial charge in [-0.3, -0.25) is 9.36 Å². The number of aryl methyl sites for hydroxylation is 1. The molecule has 0 aliphatic rings. The Hall–Kier alpha value is -3.17. The van der Waals surface area contributed by atoms with Gasteiger partial charge in [0.25, 0.3) is 0 Å². The van der Waals surface area contributed by atoms with E-state index in [9.17, 15) is 4.79 Å². The largest absolute Gasteiger partial charge is 0.485 e. The van der Waals surface area contributed by atoms with Crippen LogP contribution in [-0.4, -0.2) is 30.9 Å². The smallest absolute Gasteiger partial charge is 0.239 e. The van der Waals surface area contributed by atoms with Crippen LogP contribution >= 0.6 is 23.1 Å². The standard InChI is InChI=1S/C23H23N5O2S2/c1-16-8-6-7-11-19(16)30-15-20-26-27-23(28(20)14-18-9-4-3-5-10-18)32-17(2)21(29)25-22-24-12-13-31-22/h3-13,17H,14-15H2,1-2H3,(H,24,25,29)/t17-/m0/s1. The number of carbonyl (C=O) groups excluding carboxylic acids is 1. The Balaban J connectivity index is 1.53. The zero-order valence-corrected chi connectivity index (χ0v) is 19.4. The van der Waals surface area contributed by atoms with Crippen molar-refractivity contribution in [2.45, 2.75) is 37.4 Å². The van der Waals surface area contributed by atoms with E-state index in [2.05, 4.69) is 32.6 Å². The lowest BCUT2D eigenvalue weighted by molar-refractivity contribution is -0.115. The molecule has 1 N–H and O–H groups in total. The number of para-hydroxylation sites is 1. The maximum absolute atomic E-state index is 12.6. The first-order chi connectivity index (χ1) is 15.6. The summed E-state index contributed by atoms with van der Waals surface area (Å²) >= 11 is 2.75. The van der Waals surface area contributed by atoms with Crippen LogP contribution in [0.5, 0.6) is 5.75 Å². The lowest BCUT2D eigenvalue weighted by atomic mass is 10.2. The third-order valence-electron chi connectivity index (χ3n) is 4.74. The van der Waals surface area contributed by atoms with E-state index in [0.717, 1.165) is 16.9 Å². The number of nitrogens with one attached hydrogen (secondary N) is 1. The number of hydrogen-bond donors (Lipinski definition) is 1. The van der Waals surface area contributed by atoms with Crippen LogP contribution in [0.15, 0.2) is 71.3 Å². The van der Waals surface area contributed by atoms with Crippen molar-refractivity contribution in [1.29, 1.82) is 0 Å². The zero-order chi connectivity index (χ0) is 22.3. The third kappa shape index (κ3) is 5.54.